The van der Waals surface area contributed by atoms with Crippen LogP contribution in [0.2, 0.25) is 5.02 Å². The lowest BCUT2D eigenvalue weighted by Crippen LogP contribution is -2.31. The molecule has 3 aromatic carbocycles. The predicted molar refractivity (Wildman–Crippen MR) is 169 cm³/mol. The van der Waals surface area contributed by atoms with E-state index in [1.807, 2.05) is 24.3 Å². The third-order valence-electron chi connectivity index (χ3n) is 7.96. The van der Waals surface area contributed by atoms with Crippen LogP contribution in [0, 0.1) is 11.3 Å². The number of carbonyl (C=O) groups is 4. The Hall–Kier alpha value is -4.78. The summed E-state index contributed by atoms with van der Waals surface area (Å²) in [6.45, 7) is -0.445. The number of Topliss-reactive ketones (excluding diaryl/α,β-unsaturated/α-hetero) is 1. The van der Waals surface area contributed by atoms with Crippen molar-refractivity contribution in [3.8, 4) is 6.07 Å². The van der Waals surface area contributed by atoms with Crippen molar-refractivity contribution in [1.82, 2.24) is 4.98 Å². The summed E-state index contributed by atoms with van der Waals surface area (Å²) in [6.07, 6.45) is 2.46. The fourth-order valence-electron chi connectivity index (χ4n) is 5.61. The van der Waals surface area contributed by atoms with E-state index >= 15 is 0 Å². The van der Waals surface area contributed by atoms with Gasteiger partial charge < -0.3 is 4.74 Å². The Kier molecular flexibility index (Phi) is 8.78. The molecule has 2 atom stereocenters. The van der Waals surface area contributed by atoms with Gasteiger partial charge in [-0.05, 0) is 90.9 Å². The number of esters is 1. The van der Waals surface area contributed by atoms with Crippen molar-refractivity contribution in [2.24, 2.45) is 0 Å². The molecule has 0 N–H and O–H groups in total. The van der Waals surface area contributed by atoms with Gasteiger partial charge >= 0.3 is 5.97 Å². The largest absolute Gasteiger partial charge is 0.454 e. The van der Waals surface area contributed by atoms with Gasteiger partial charge in [-0.25, -0.2) is 14.7 Å². The molecule has 1 fully saturated rings. The number of nitrogens with zero attached hydrogens (tertiary/aromatic N) is 3. The smallest absolute Gasteiger partial charge is 0.338 e. The molecule has 10 heteroatoms. The Bertz CT molecular complexity index is 1840. The summed E-state index contributed by atoms with van der Waals surface area (Å²) in [5.41, 5.74) is 4.47. The van der Waals surface area contributed by atoms with Crippen molar-refractivity contribution in [3.05, 3.63) is 123 Å². The molecule has 4 aromatic rings. The molecule has 0 saturated carbocycles. The van der Waals surface area contributed by atoms with Crippen molar-refractivity contribution in [1.29, 1.82) is 5.26 Å². The van der Waals surface area contributed by atoms with Crippen molar-refractivity contribution in [2.75, 3.05) is 11.5 Å². The highest BCUT2D eigenvalue weighted by atomic mass is 35.5. The molecule has 2 aliphatic rings. The number of aromatic nitrogens is 1. The number of hydrogen-bond acceptors (Lipinski definition) is 8. The van der Waals surface area contributed by atoms with E-state index in [4.69, 9.17) is 21.3 Å². The molecule has 6 rings (SSSR count). The van der Waals surface area contributed by atoms with E-state index in [1.54, 1.807) is 24.3 Å². The van der Waals surface area contributed by atoms with Crippen LogP contribution in [-0.4, -0.2) is 40.4 Å². The minimum atomic E-state index is -0.737. The fraction of sp³-hybridized carbons (Fsp3) is 0.200. The van der Waals surface area contributed by atoms with Gasteiger partial charge in [-0.15, -0.1) is 0 Å². The number of ether oxygens (including phenoxy) is 1. The number of thioether (sulfide) groups is 1. The van der Waals surface area contributed by atoms with Crippen LogP contribution in [0.25, 0.3) is 0 Å². The molecule has 2 heterocycles. The van der Waals surface area contributed by atoms with Crippen LogP contribution in [0.4, 0.5) is 5.69 Å². The van der Waals surface area contributed by atoms with Gasteiger partial charge in [0.25, 0.3) is 0 Å². The molecule has 224 valence electrons. The summed E-state index contributed by atoms with van der Waals surface area (Å²) in [7, 11) is 0. The van der Waals surface area contributed by atoms with Crippen molar-refractivity contribution in [3.63, 3.8) is 0 Å². The van der Waals surface area contributed by atoms with Crippen LogP contribution < -0.4 is 4.90 Å². The highest BCUT2D eigenvalue weighted by Gasteiger charge is 2.41. The first kappa shape index (κ1) is 30.3. The molecule has 1 saturated heterocycles. The Morgan fingerprint density at radius 3 is 2.40 bits per heavy atom. The monoisotopic (exact) mass is 635 g/mol. The van der Waals surface area contributed by atoms with E-state index in [0.29, 0.717) is 32.8 Å². The zero-order chi connectivity index (χ0) is 31.5. The van der Waals surface area contributed by atoms with Gasteiger partial charge in [0.1, 0.15) is 11.1 Å². The molecule has 0 radical (unpaired) electrons. The van der Waals surface area contributed by atoms with E-state index in [1.165, 1.54) is 29.8 Å². The number of hydrogen-bond donors (Lipinski definition) is 0. The Balaban J connectivity index is 1.10. The second kappa shape index (κ2) is 13.1. The maximum Gasteiger partial charge on any atom is 0.338 e. The molecular weight excluding hydrogens is 610 g/mol. The number of imide groups is 1. The SMILES string of the molecule is N#Cc1cc2c(nc1SC1CC(=O)N(c3ccc(C(=O)OCC(=O)c4ccc(Cl)cc4)cc3)C1=O)CCC(c1ccccc1)C2. The summed E-state index contributed by atoms with van der Waals surface area (Å²) in [5.74, 6) is -1.53. The quantitative estimate of drug-likeness (QED) is 0.125. The molecular formula is C35H26ClN3O5S. The number of aryl methyl sites for hydroxylation is 1. The molecule has 0 spiro atoms. The van der Waals surface area contributed by atoms with E-state index in [9.17, 15) is 24.4 Å². The third kappa shape index (κ3) is 6.53. The first-order valence-corrected chi connectivity index (χ1v) is 15.6. The molecule has 8 nitrogen and oxygen atoms in total. The lowest BCUT2D eigenvalue weighted by atomic mass is 9.82. The van der Waals surface area contributed by atoms with E-state index in [0.717, 1.165) is 47.2 Å². The van der Waals surface area contributed by atoms with Gasteiger partial charge in [-0.2, -0.15) is 5.26 Å². The van der Waals surface area contributed by atoms with Crippen LogP contribution in [0.3, 0.4) is 0 Å². The van der Waals surface area contributed by atoms with Gasteiger partial charge in [0.05, 0.1) is 22.1 Å². The van der Waals surface area contributed by atoms with E-state index in [-0.39, 0.29) is 23.7 Å². The Morgan fingerprint density at radius 1 is 0.978 bits per heavy atom. The number of carbonyl (C=O) groups excluding carboxylic acids is 4. The zero-order valence-corrected chi connectivity index (χ0v) is 25.5. The summed E-state index contributed by atoms with van der Waals surface area (Å²) in [5, 5.41) is 10.1. The van der Waals surface area contributed by atoms with Gasteiger partial charge in [0, 0.05) is 22.7 Å². The molecule has 1 aromatic heterocycles. The maximum atomic E-state index is 13.4. The summed E-state index contributed by atoms with van der Waals surface area (Å²) < 4.78 is 5.15. The normalized spacial score (nSPS) is 17.5. The summed E-state index contributed by atoms with van der Waals surface area (Å²) in [4.78, 5) is 57.1. The molecule has 45 heavy (non-hydrogen) atoms. The van der Waals surface area contributed by atoms with Crippen molar-refractivity contribution in [2.45, 2.75) is 41.9 Å². The summed E-state index contributed by atoms with van der Waals surface area (Å²) >= 11 is 6.98. The van der Waals surface area contributed by atoms with Crippen molar-refractivity contribution >= 4 is 52.6 Å². The molecule has 2 unspecified atom stereocenters. The average Bonchev–Trinajstić information content (AvgIpc) is 3.35. The van der Waals surface area contributed by atoms with E-state index in [2.05, 4.69) is 18.2 Å². The third-order valence-corrected chi connectivity index (χ3v) is 9.40. The van der Waals surface area contributed by atoms with Crippen LogP contribution >= 0.6 is 23.4 Å². The van der Waals surface area contributed by atoms with Crippen LogP contribution in [0.15, 0.2) is 90.0 Å². The van der Waals surface area contributed by atoms with Crippen molar-refractivity contribution < 1.29 is 23.9 Å². The fourth-order valence-corrected chi connectivity index (χ4v) is 6.83. The number of halogens is 1. The summed E-state index contributed by atoms with van der Waals surface area (Å²) in [6, 6.07) is 26.5. The standard InChI is InChI=1S/C35H26ClN3O5S/c36-27-11-6-22(7-12-27)30(40)20-44-35(43)23-8-13-28(14-9-23)39-32(41)18-31(34(39)42)45-33-26(19-37)17-25-16-24(10-15-29(25)38-33)21-4-2-1-3-5-21/h1-9,11-14,17,24,31H,10,15-16,18,20H2. The zero-order valence-electron chi connectivity index (χ0n) is 23.9. The minimum absolute atomic E-state index is 0.0418. The lowest BCUT2D eigenvalue weighted by Gasteiger charge is -2.25. The number of fused-ring (bicyclic) bond motifs is 1. The molecule has 1 aliphatic heterocycles. The maximum absolute atomic E-state index is 13.4. The second-order valence-corrected chi connectivity index (χ2v) is 12.5. The number of amides is 2. The van der Waals surface area contributed by atoms with E-state index < -0.39 is 23.7 Å². The van der Waals surface area contributed by atoms with Crippen LogP contribution in [0.1, 0.15) is 61.9 Å². The Morgan fingerprint density at radius 2 is 1.69 bits per heavy atom. The highest BCUT2D eigenvalue weighted by Crippen LogP contribution is 2.38. The second-order valence-electron chi connectivity index (χ2n) is 10.8. The molecule has 2 amide bonds. The van der Waals surface area contributed by atoms with Gasteiger partial charge in [-0.3, -0.25) is 14.4 Å². The van der Waals surface area contributed by atoms with Crippen LogP contribution in [0.5, 0.6) is 0 Å². The van der Waals surface area contributed by atoms with Crippen LogP contribution in [-0.2, 0) is 27.2 Å². The minimum Gasteiger partial charge on any atom is -0.454 e. The van der Waals surface area contributed by atoms with Gasteiger partial charge in [0.2, 0.25) is 11.8 Å². The number of pyridine rings is 1. The number of ketones is 1. The van der Waals surface area contributed by atoms with Gasteiger partial charge in [-0.1, -0.05) is 53.7 Å². The topological polar surface area (TPSA) is 117 Å². The number of nitriles is 1. The number of anilines is 1. The average molecular weight is 636 g/mol. The molecule has 0 bridgehead atoms. The number of rotatable bonds is 8. The van der Waals surface area contributed by atoms with Gasteiger partial charge in [0.15, 0.2) is 12.4 Å². The molecule has 1 aliphatic carbocycles. The number of benzene rings is 3. The highest BCUT2D eigenvalue weighted by molar-refractivity contribution is 8.00. The Labute approximate surface area is 269 Å². The predicted octanol–water partition coefficient (Wildman–Crippen LogP) is 6.34. The lowest BCUT2D eigenvalue weighted by molar-refractivity contribution is -0.121. The first-order valence-electron chi connectivity index (χ1n) is 14.4. The first-order chi connectivity index (χ1) is 21.8.